The van der Waals surface area contributed by atoms with E-state index in [0.717, 1.165) is 11.3 Å². The van der Waals surface area contributed by atoms with Gasteiger partial charge in [0.1, 0.15) is 12.7 Å². The summed E-state index contributed by atoms with van der Waals surface area (Å²) < 4.78 is 1.71. The molecule has 1 amide bonds. The van der Waals surface area contributed by atoms with Crippen molar-refractivity contribution in [2.75, 3.05) is 5.32 Å². The maximum absolute atomic E-state index is 11.5. The van der Waals surface area contributed by atoms with Crippen LogP contribution in [-0.2, 0) is 11.3 Å². The Labute approximate surface area is 105 Å². The SMILES string of the molecule is CC(N)C(=O)Nc1cccc(Cn2cncn2)c1. The van der Waals surface area contributed by atoms with Crippen LogP contribution in [0.5, 0.6) is 0 Å². The molecule has 3 N–H and O–H groups in total. The summed E-state index contributed by atoms with van der Waals surface area (Å²) in [6, 6.07) is 7.03. The van der Waals surface area contributed by atoms with Crippen LogP contribution >= 0.6 is 0 Å². The molecule has 0 aliphatic rings. The Balaban J connectivity index is 2.08. The number of nitrogens with one attached hydrogen (secondary N) is 1. The van der Waals surface area contributed by atoms with E-state index >= 15 is 0 Å². The third-order valence-corrected chi connectivity index (χ3v) is 2.42. The first-order valence-corrected chi connectivity index (χ1v) is 5.63. The summed E-state index contributed by atoms with van der Waals surface area (Å²) in [6.07, 6.45) is 3.13. The molecular formula is C12H15N5O. The second-order valence-corrected chi connectivity index (χ2v) is 4.07. The number of nitrogens with two attached hydrogens (primary N) is 1. The zero-order valence-corrected chi connectivity index (χ0v) is 10.1. The molecule has 2 rings (SSSR count). The number of amides is 1. The highest BCUT2D eigenvalue weighted by Gasteiger charge is 2.07. The second kappa shape index (κ2) is 5.42. The van der Waals surface area contributed by atoms with E-state index in [1.54, 1.807) is 17.9 Å². The van der Waals surface area contributed by atoms with Crippen LogP contribution in [0.4, 0.5) is 5.69 Å². The van der Waals surface area contributed by atoms with E-state index in [1.165, 1.54) is 6.33 Å². The number of hydrogen-bond donors (Lipinski definition) is 2. The largest absolute Gasteiger partial charge is 0.325 e. The first kappa shape index (κ1) is 12.3. The van der Waals surface area contributed by atoms with Gasteiger partial charge in [-0.25, -0.2) is 9.67 Å². The number of aromatic nitrogens is 3. The fourth-order valence-electron chi connectivity index (χ4n) is 1.50. The molecule has 0 saturated heterocycles. The van der Waals surface area contributed by atoms with E-state index in [1.807, 2.05) is 24.3 Å². The van der Waals surface area contributed by atoms with Gasteiger partial charge in [0.15, 0.2) is 0 Å². The number of hydrogen-bond acceptors (Lipinski definition) is 4. The number of anilines is 1. The van der Waals surface area contributed by atoms with Crippen molar-refractivity contribution in [2.24, 2.45) is 5.73 Å². The number of nitrogens with zero attached hydrogens (tertiary/aromatic N) is 3. The van der Waals surface area contributed by atoms with Gasteiger partial charge >= 0.3 is 0 Å². The molecule has 0 saturated carbocycles. The normalized spacial score (nSPS) is 12.1. The van der Waals surface area contributed by atoms with Crippen molar-refractivity contribution >= 4 is 11.6 Å². The van der Waals surface area contributed by atoms with Gasteiger partial charge in [0, 0.05) is 5.69 Å². The molecular weight excluding hydrogens is 230 g/mol. The molecule has 1 atom stereocenters. The van der Waals surface area contributed by atoms with Crippen LogP contribution in [0.3, 0.4) is 0 Å². The Kier molecular flexibility index (Phi) is 3.69. The molecule has 18 heavy (non-hydrogen) atoms. The van der Waals surface area contributed by atoms with Gasteiger partial charge in [-0.05, 0) is 24.6 Å². The molecule has 0 aliphatic carbocycles. The summed E-state index contributed by atoms with van der Waals surface area (Å²) in [5.74, 6) is -0.201. The molecule has 94 valence electrons. The van der Waals surface area contributed by atoms with Gasteiger partial charge in [0.25, 0.3) is 0 Å². The molecule has 0 radical (unpaired) electrons. The average molecular weight is 245 g/mol. The maximum atomic E-state index is 11.5. The predicted molar refractivity (Wildman–Crippen MR) is 67.8 cm³/mol. The highest BCUT2D eigenvalue weighted by atomic mass is 16.2. The van der Waals surface area contributed by atoms with Gasteiger partial charge in [-0.3, -0.25) is 4.79 Å². The monoisotopic (exact) mass is 245 g/mol. The van der Waals surface area contributed by atoms with E-state index in [2.05, 4.69) is 15.4 Å². The minimum atomic E-state index is -0.524. The number of carbonyl (C=O) groups is 1. The molecule has 1 unspecified atom stereocenters. The first-order chi connectivity index (χ1) is 8.65. The number of benzene rings is 1. The fraction of sp³-hybridized carbons (Fsp3) is 0.250. The van der Waals surface area contributed by atoms with Crippen LogP contribution in [0.2, 0.25) is 0 Å². The lowest BCUT2D eigenvalue weighted by Crippen LogP contribution is -2.32. The molecule has 1 aromatic heterocycles. The molecule has 6 nitrogen and oxygen atoms in total. The quantitative estimate of drug-likeness (QED) is 0.826. The van der Waals surface area contributed by atoms with Crippen molar-refractivity contribution in [3.63, 3.8) is 0 Å². The molecule has 0 spiro atoms. The highest BCUT2D eigenvalue weighted by Crippen LogP contribution is 2.11. The topological polar surface area (TPSA) is 85.8 Å². The predicted octanol–water partition coefficient (Wildman–Crippen LogP) is 0.612. The molecule has 1 heterocycles. The minimum absolute atomic E-state index is 0.201. The average Bonchev–Trinajstić information content (AvgIpc) is 2.82. The zero-order valence-electron chi connectivity index (χ0n) is 10.1. The lowest BCUT2D eigenvalue weighted by atomic mass is 10.2. The summed E-state index contributed by atoms with van der Waals surface area (Å²) in [5, 5.41) is 6.78. The van der Waals surface area contributed by atoms with Crippen LogP contribution in [0.1, 0.15) is 12.5 Å². The molecule has 0 fully saturated rings. The van der Waals surface area contributed by atoms with E-state index in [0.29, 0.717) is 6.54 Å². The summed E-state index contributed by atoms with van der Waals surface area (Å²) in [5.41, 5.74) is 7.26. The molecule has 0 bridgehead atoms. The molecule has 0 aliphatic heterocycles. The van der Waals surface area contributed by atoms with Crippen LogP contribution in [-0.4, -0.2) is 26.7 Å². The van der Waals surface area contributed by atoms with Crippen molar-refractivity contribution in [3.05, 3.63) is 42.5 Å². The van der Waals surface area contributed by atoms with Gasteiger partial charge in [-0.2, -0.15) is 5.10 Å². The number of rotatable bonds is 4. The van der Waals surface area contributed by atoms with Gasteiger partial charge in [0.2, 0.25) is 5.91 Å². The third kappa shape index (κ3) is 3.14. The Morgan fingerprint density at radius 2 is 2.39 bits per heavy atom. The van der Waals surface area contributed by atoms with E-state index < -0.39 is 6.04 Å². The van der Waals surface area contributed by atoms with Crippen LogP contribution in [0.25, 0.3) is 0 Å². The van der Waals surface area contributed by atoms with E-state index in [9.17, 15) is 4.79 Å². The molecule has 1 aromatic carbocycles. The Bertz CT molecular complexity index is 521. The minimum Gasteiger partial charge on any atom is -0.325 e. The van der Waals surface area contributed by atoms with Crippen molar-refractivity contribution in [1.29, 1.82) is 0 Å². The number of carbonyl (C=O) groups excluding carboxylic acids is 1. The smallest absolute Gasteiger partial charge is 0.240 e. The first-order valence-electron chi connectivity index (χ1n) is 5.63. The van der Waals surface area contributed by atoms with Crippen molar-refractivity contribution < 1.29 is 4.79 Å². The van der Waals surface area contributed by atoms with Crippen LogP contribution in [0, 0.1) is 0 Å². The highest BCUT2D eigenvalue weighted by molar-refractivity contribution is 5.94. The summed E-state index contributed by atoms with van der Waals surface area (Å²) in [4.78, 5) is 15.4. The van der Waals surface area contributed by atoms with E-state index in [4.69, 9.17) is 5.73 Å². The van der Waals surface area contributed by atoms with Crippen molar-refractivity contribution in [2.45, 2.75) is 19.5 Å². The van der Waals surface area contributed by atoms with E-state index in [-0.39, 0.29) is 5.91 Å². The van der Waals surface area contributed by atoms with Gasteiger partial charge in [-0.1, -0.05) is 12.1 Å². The van der Waals surface area contributed by atoms with Crippen LogP contribution < -0.4 is 11.1 Å². The van der Waals surface area contributed by atoms with Gasteiger partial charge in [-0.15, -0.1) is 0 Å². The summed E-state index contributed by atoms with van der Waals surface area (Å²) in [7, 11) is 0. The van der Waals surface area contributed by atoms with Gasteiger partial charge in [0.05, 0.1) is 12.6 Å². The fourth-order valence-corrected chi connectivity index (χ4v) is 1.50. The second-order valence-electron chi connectivity index (χ2n) is 4.07. The Hall–Kier alpha value is -2.21. The van der Waals surface area contributed by atoms with Crippen LogP contribution in [0.15, 0.2) is 36.9 Å². The van der Waals surface area contributed by atoms with Crippen molar-refractivity contribution in [3.8, 4) is 0 Å². The lowest BCUT2D eigenvalue weighted by Gasteiger charge is -2.09. The third-order valence-electron chi connectivity index (χ3n) is 2.42. The summed E-state index contributed by atoms with van der Waals surface area (Å²) >= 11 is 0. The standard InChI is InChI=1S/C12H15N5O/c1-9(13)12(18)16-11-4-2-3-10(5-11)6-17-8-14-7-15-17/h2-5,7-9H,6,13H2,1H3,(H,16,18). The lowest BCUT2D eigenvalue weighted by molar-refractivity contribution is -0.117. The molecule has 6 heteroatoms. The molecule has 2 aromatic rings. The van der Waals surface area contributed by atoms with Crippen molar-refractivity contribution in [1.82, 2.24) is 14.8 Å². The Morgan fingerprint density at radius 1 is 1.56 bits per heavy atom. The maximum Gasteiger partial charge on any atom is 0.240 e. The Morgan fingerprint density at radius 3 is 3.06 bits per heavy atom. The zero-order chi connectivity index (χ0) is 13.0. The van der Waals surface area contributed by atoms with Gasteiger partial charge < -0.3 is 11.1 Å². The summed E-state index contributed by atoms with van der Waals surface area (Å²) in [6.45, 7) is 2.26.